The molecular formula is C4Br2F2I2O4. The van der Waals surface area contributed by atoms with Gasteiger partial charge in [-0.1, -0.05) is 0 Å². The van der Waals surface area contributed by atoms with E-state index in [9.17, 15) is 18.4 Å². The molecule has 14 heavy (non-hydrogen) atoms. The van der Waals surface area contributed by atoms with Gasteiger partial charge in [0.25, 0.3) is 0 Å². The van der Waals surface area contributed by atoms with E-state index in [1.165, 1.54) is 0 Å². The molecule has 0 spiro atoms. The van der Waals surface area contributed by atoms with Gasteiger partial charge < -0.3 is 0 Å². The van der Waals surface area contributed by atoms with Crippen molar-refractivity contribution in [2.45, 2.75) is 5.17 Å². The van der Waals surface area contributed by atoms with Crippen molar-refractivity contribution < 1.29 is 28.1 Å². The Morgan fingerprint density at radius 3 is 1.36 bits per heavy atom. The number of carbonyl (C=O) groups is 2. The smallest absolute Gasteiger partial charge is 0.242 e. The largest absolute Gasteiger partial charge is 0.413 e. The number of carbonyl (C=O) groups excluding carboxylic acids is 2. The van der Waals surface area contributed by atoms with Crippen LogP contribution < -0.4 is 0 Å². The molecule has 2 atom stereocenters. The topological polar surface area (TPSA) is 52.6 Å². The summed E-state index contributed by atoms with van der Waals surface area (Å²) in [7, 11) is 0. The number of hydrogen-bond donors (Lipinski definition) is 0. The molecule has 0 saturated heterocycles. The predicted octanol–water partition coefficient (Wildman–Crippen LogP) is 2.89. The van der Waals surface area contributed by atoms with Crippen molar-refractivity contribution in [3.63, 3.8) is 0 Å². The van der Waals surface area contributed by atoms with Gasteiger partial charge in [0, 0.05) is 0 Å². The molecular weight excluding hydrogens is 564 g/mol. The van der Waals surface area contributed by atoms with Crippen molar-refractivity contribution in [2.24, 2.45) is 0 Å². The molecule has 0 heterocycles. The fourth-order valence-electron chi connectivity index (χ4n) is 0.170. The summed E-state index contributed by atoms with van der Waals surface area (Å²) in [6, 6.07) is 0. The van der Waals surface area contributed by atoms with Crippen LogP contribution in [0.5, 0.6) is 0 Å². The molecule has 0 radical (unpaired) electrons. The van der Waals surface area contributed by atoms with Crippen LogP contribution in [-0.2, 0) is 19.4 Å². The molecule has 0 aromatic carbocycles. The van der Waals surface area contributed by atoms with Crippen molar-refractivity contribution >= 4 is 89.0 Å². The molecule has 0 rings (SSSR count). The summed E-state index contributed by atoms with van der Waals surface area (Å²) in [6.45, 7) is 0. The SMILES string of the molecule is O=C(OOC(=O)C(F)(Br)I)C(F)(Br)I. The molecule has 0 bridgehead atoms. The molecule has 0 saturated carbocycles. The first-order chi connectivity index (χ1) is 6.05. The number of hydrogen-bond acceptors (Lipinski definition) is 4. The van der Waals surface area contributed by atoms with Crippen molar-refractivity contribution in [2.75, 3.05) is 0 Å². The second-order valence-electron chi connectivity index (χ2n) is 1.74. The molecule has 82 valence electrons. The maximum atomic E-state index is 12.7. The van der Waals surface area contributed by atoms with Gasteiger partial charge in [0.15, 0.2) is 0 Å². The Morgan fingerprint density at radius 1 is 1.00 bits per heavy atom. The van der Waals surface area contributed by atoms with Gasteiger partial charge in [-0.3, -0.25) is 0 Å². The van der Waals surface area contributed by atoms with Crippen LogP contribution in [0.25, 0.3) is 0 Å². The minimum absolute atomic E-state index is 1.05. The van der Waals surface area contributed by atoms with Crippen LogP contribution in [0.3, 0.4) is 0 Å². The zero-order chi connectivity index (χ0) is 11.6. The normalized spacial score (nSPS) is 19.0. The third kappa shape index (κ3) is 5.95. The number of halogens is 6. The van der Waals surface area contributed by atoms with Gasteiger partial charge in [-0.2, -0.15) is 0 Å². The molecule has 0 aliphatic carbocycles. The lowest BCUT2D eigenvalue weighted by Crippen LogP contribution is -2.28. The number of rotatable bonds is 2. The summed E-state index contributed by atoms with van der Waals surface area (Å²) in [5.41, 5.74) is 0. The molecule has 0 aromatic rings. The van der Waals surface area contributed by atoms with Crippen LogP contribution in [-0.4, -0.2) is 17.1 Å². The van der Waals surface area contributed by atoms with E-state index >= 15 is 0 Å². The monoisotopic (exact) mass is 562 g/mol. The highest BCUT2D eigenvalue weighted by Crippen LogP contribution is 2.32. The van der Waals surface area contributed by atoms with Gasteiger partial charge in [0.05, 0.1) is 0 Å². The quantitative estimate of drug-likeness (QED) is 0.225. The van der Waals surface area contributed by atoms with Crippen LogP contribution in [0, 0.1) is 0 Å². The first kappa shape index (κ1) is 15.2. The summed E-state index contributed by atoms with van der Waals surface area (Å²) in [4.78, 5) is 28.7. The second kappa shape index (κ2) is 5.52. The van der Waals surface area contributed by atoms with Gasteiger partial charge in [-0.25, -0.2) is 28.1 Å². The van der Waals surface area contributed by atoms with E-state index in [2.05, 4.69) is 41.6 Å². The lowest BCUT2D eigenvalue weighted by molar-refractivity contribution is -0.262. The molecule has 0 aromatic heterocycles. The van der Waals surface area contributed by atoms with Gasteiger partial charge in [0.1, 0.15) is 0 Å². The van der Waals surface area contributed by atoms with Gasteiger partial charge in [-0.05, 0) is 77.0 Å². The molecule has 0 aliphatic heterocycles. The Morgan fingerprint density at radius 2 is 1.21 bits per heavy atom. The highest BCUT2D eigenvalue weighted by molar-refractivity contribution is 14.1. The fourth-order valence-corrected chi connectivity index (χ4v) is 0.482. The summed E-state index contributed by atoms with van der Waals surface area (Å²) in [5, 5.41) is 0. The van der Waals surface area contributed by atoms with E-state index in [0.29, 0.717) is 0 Å². The van der Waals surface area contributed by atoms with Gasteiger partial charge >= 0.3 is 17.1 Å². The number of alkyl halides is 6. The molecule has 0 amide bonds. The van der Waals surface area contributed by atoms with E-state index < -0.39 is 17.1 Å². The first-order valence-corrected chi connectivity index (χ1v) is 6.36. The summed E-state index contributed by atoms with van der Waals surface area (Å²) in [6.07, 6.45) is 0. The van der Waals surface area contributed by atoms with E-state index in [4.69, 9.17) is 0 Å². The Kier molecular flexibility index (Phi) is 6.00. The highest BCUT2D eigenvalue weighted by Gasteiger charge is 2.39. The third-order valence-corrected chi connectivity index (χ3v) is 2.18. The van der Waals surface area contributed by atoms with Crippen molar-refractivity contribution in [1.82, 2.24) is 0 Å². The summed E-state index contributed by atoms with van der Waals surface area (Å²) in [5.74, 6) is -3.03. The summed E-state index contributed by atoms with van der Waals surface area (Å²) >= 11 is 6.68. The third-order valence-electron chi connectivity index (χ3n) is 0.656. The average molecular weight is 564 g/mol. The second-order valence-corrected chi connectivity index (χ2v) is 9.86. The molecule has 0 N–H and O–H groups in total. The van der Waals surface area contributed by atoms with Crippen LogP contribution in [0.15, 0.2) is 0 Å². The highest BCUT2D eigenvalue weighted by atomic mass is 127. The predicted molar refractivity (Wildman–Crippen MR) is 65.8 cm³/mol. The molecule has 2 unspecified atom stereocenters. The Bertz CT molecular complexity index is 223. The minimum atomic E-state index is -2.53. The molecule has 0 aliphatic rings. The minimum Gasteiger partial charge on any atom is -0.242 e. The zero-order valence-corrected chi connectivity index (χ0v) is 13.4. The van der Waals surface area contributed by atoms with E-state index in [1.54, 1.807) is 0 Å². The van der Waals surface area contributed by atoms with E-state index in [0.717, 1.165) is 45.2 Å². The zero-order valence-electron chi connectivity index (χ0n) is 5.90. The fraction of sp³-hybridized carbons (Fsp3) is 0.500. The molecule has 4 nitrogen and oxygen atoms in total. The Balaban J connectivity index is 4.10. The van der Waals surface area contributed by atoms with E-state index in [1.807, 2.05) is 0 Å². The molecule has 0 fully saturated rings. The Labute approximate surface area is 121 Å². The maximum absolute atomic E-state index is 12.7. The van der Waals surface area contributed by atoms with E-state index in [-0.39, 0.29) is 0 Å². The molecule has 10 heteroatoms. The first-order valence-electron chi connectivity index (χ1n) is 2.62. The van der Waals surface area contributed by atoms with Crippen LogP contribution in [0.4, 0.5) is 8.78 Å². The van der Waals surface area contributed by atoms with Crippen LogP contribution in [0.2, 0.25) is 0 Å². The van der Waals surface area contributed by atoms with Crippen LogP contribution in [0.1, 0.15) is 0 Å². The van der Waals surface area contributed by atoms with Crippen molar-refractivity contribution in [1.29, 1.82) is 0 Å². The standard InChI is InChI=1S/C4Br2F2I2O4/c5-3(7,9)1(11)13-14-2(12)4(6,8)10. The van der Waals surface area contributed by atoms with Crippen molar-refractivity contribution in [3.05, 3.63) is 0 Å². The lowest BCUT2D eigenvalue weighted by Gasteiger charge is -2.10. The van der Waals surface area contributed by atoms with Crippen molar-refractivity contribution in [3.8, 4) is 0 Å². The average Bonchev–Trinajstić information content (AvgIpc) is 1.95. The van der Waals surface area contributed by atoms with Gasteiger partial charge in [0.2, 0.25) is 0 Å². The maximum Gasteiger partial charge on any atom is 0.413 e. The lowest BCUT2D eigenvalue weighted by atomic mass is 10.8. The summed E-state index contributed by atoms with van der Waals surface area (Å²) < 4.78 is 20.3. The van der Waals surface area contributed by atoms with Crippen LogP contribution >= 0.6 is 77.0 Å². The Hall–Kier alpha value is 1.22. The van der Waals surface area contributed by atoms with Gasteiger partial charge in [-0.15, -0.1) is 0 Å².